The largest absolute Gasteiger partial charge is 0.481 e. The van der Waals surface area contributed by atoms with Gasteiger partial charge in [0.1, 0.15) is 0 Å². The molecule has 0 aromatic heterocycles. The summed E-state index contributed by atoms with van der Waals surface area (Å²) >= 11 is 0. The second kappa shape index (κ2) is 26.4. The second-order valence-corrected chi connectivity index (χ2v) is 7.61. The van der Waals surface area contributed by atoms with Gasteiger partial charge in [0.05, 0.1) is 0 Å². The highest BCUT2D eigenvalue weighted by molar-refractivity contribution is 5.79. The van der Waals surface area contributed by atoms with Crippen LogP contribution in [0.25, 0.3) is 0 Å². The summed E-state index contributed by atoms with van der Waals surface area (Å²) in [6.07, 6.45) is 27.2. The van der Waals surface area contributed by atoms with Gasteiger partial charge >= 0.3 is 11.9 Å². The first-order valence-electron chi connectivity index (χ1n) is 11.8. The number of hydrogen-bond donors (Lipinski definition) is 2. The van der Waals surface area contributed by atoms with E-state index < -0.39 is 11.9 Å². The van der Waals surface area contributed by atoms with Gasteiger partial charge in [0.15, 0.2) is 0 Å². The lowest BCUT2D eigenvalue weighted by Gasteiger charge is -1.99. The molecule has 0 heterocycles. The first-order valence-corrected chi connectivity index (χ1v) is 11.8. The van der Waals surface area contributed by atoms with Gasteiger partial charge in [-0.2, -0.15) is 0 Å². The monoisotopic (exact) mass is 410 g/mol. The minimum absolute atomic E-state index is 0.332. The molecule has 0 bridgehead atoms. The Morgan fingerprint density at radius 2 is 1.03 bits per heavy atom. The van der Waals surface area contributed by atoms with E-state index in [2.05, 4.69) is 26.0 Å². The van der Waals surface area contributed by atoms with E-state index in [-0.39, 0.29) is 0 Å². The summed E-state index contributed by atoms with van der Waals surface area (Å²) < 4.78 is 0. The number of unbranched alkanes of at least 4 members (excludes halogenated alkanes) is 13. The third-order valence-electron chi connectivity index (χ3n) is 4.64. The van der Waals surface area contributed by atoms with E-state index in [4.69, 9.17) is 10.2 Å². The van der Waals surface area contributed by atoms with Crippen LogP contribution in [0.1, 0.15) is 123 Å². The van der Waals surface area contributed by atoms with E-state index in [1.807, 2.05) is 0 Å². The first kappa shape index (κ1) is 29.6. The lowest BCUT2D eigenvalue weighted by Crippen LogP contribution is -1.93. The average molecular weight is 411 g/mol. The molecule has 0 aliphatic carbocycles. The Hall–Kier alpha value is -1.58. The van der Waals surface area contributed by atoms with Crippen LogP contribution in [0.15, 0.2) is 24.3 Å². The Morgan fingerprint density at radius 3 is 1.52 bits per heavy atom. The van der Waals surface area contributed by atoms with Crippen molar-refractivity contribution in [3.8, 4) is 0 Å². The molecule has 0 fully saturated rings. The zero-order valence-electron chi connectivity index (χ0n) is 19.0. The Kier molecular flexibility index (Phi) is 27.0. The van der Waals surface area contributed by atoms with Crippen molar-refractivity contribution >= 4 is 11.9 Å². The third kappa shape index (κ3) is 34.3. The smallest absolute Gasteiger partial charge is 0.327 e. The lowest BCUT2D eigenvalue weighted by molar-refractivity contribution is -0.137. The van der Waals surface area contributed by atoms with Gasteiger partial charge in [0.2, 0.25) is 0 Å². The Balaban J connectivity index is 0. The normalized spacial score (nSPS) is 11.0. The first-order chi connectivity index (χ1) is 14.0. The molecule has 0 radical (unpaired) electrons. The van der Waals surface area contributed by atoms with Crippen molar-refractivity contribution in [2.45, 2.75) is 123 Å². The van der Waals surface area contributed by atoms with Crippen molar-refractivity contribution in [1.82, 2.24) is 0 Å². The molecule has 4 heteroatoms. The summed E-state index contributed by atoms with van der Waals surface area (Å²) in [5.74, 6) is -1.52. The fourth-order valence-electron chi connectivity index (χ4n) is 2.85. The summed E-state index contributed by atoms with van der Waals surface area (Å²) in [4.78, 5) is 20.2. The number of carboxylic acid groups (broad SMARTS) is 2. The molecule has 4 nitrogen and oxygen atoms in total. The number of aliphatic carboxylic acids is 2. The zero-order chi connectivity index (χ0) is 22.0. The molecule has 29 heavy (non-hydrogen) atoms. The van der Waals surface area contributed by atoms with Crippen molar-refractivity contribution in [3.05, 3.63) is 24.3 Å². The van der Waals surface area contributed by atoms with Gasteiger partial charge in [-0.3, -0.25) is 4.79 Å². The average Bonchev–Trinajstić information content (AvgIpc) is 2.68. The molecule has 0 amide bonds. The summed E-state index contributed by atoms with van der Waals surface area (Å²) in [7, 11) is 0. The predicted octanol–water partition coefficient (Wildman–Crippen LogP) is 7.93. The van der Waals surface area contributed by atoms with Crippen molar-refractivity contribution < 1.29 is 19.8 Å². The molecule has 0 aliphatic rings. The highest BCUT2D eigenvalue weighted by Gasteiger charge is 1.95. The topological polar surface area (TPSA) is 74.6 Å². The van der Waals surface area contributed by atoms with E-state index >= 15 is 0 Å². The fraction of sp³-hybridized carbons (Fsp3) is 0.760. The molecule has 0 spiro atoms. The molecule has 0 rings (SSSR count). The molecule has 0 aromatic carbocycles. The molecular formula is C25H46O4. The SMILES string of the molecule is CCCCC=CC(=O)O.CCCCCCCC/C=C\CCCCCCCC(=O)O. The highest BCUT2D eigenvalue weighted by Crippen LogP contribution is 2.09. The van der Waals surface area contributed by atoms with Crippen LogP contribution in [-0.2, 0) is 9.59 Å². The molecule has 0 aromatic rings. The predicted molar refractivity (Wildman–Crippen MR) is 123 cm³/mol. The van der Waals surface area contributed by atoms with Gasteiger partial charge in [-0.1, -0.05) is 96.3 Å². The number of carboxylic acids is 2. The number of hydrogen-bond acceptors (Lipinski definition) is 2. The second-order valence-electron chi connectivity index (χ2n) is 7.61. The Labute approximate surface area is 179 Å². The number of rotatable bonds is 19. The van der Waals surface area contributed by atoms with Gasteiger partial charge in [-0.05, 0) is 38.5 Å². The molecule has 170 valence electrons. The summed E-state index contributed by atoms with van der Waals surface area (Å²) in [5, 5.41) is 16.6. The maximum Gasteiger partial charge on any atom is 0.327 e. The minimum Gasteiger partial charge on any atom is -0.481 e. The van der Waals surface area contributed by atoms with E-state index in [0.717, 1.165) is 32.1 Å². The van der Waals surface area contributed by atoms with Crippen LogP contribution in [0.3, 0.4) is 0 Å². The number of allylic oxidation sites excluding steroid dienone is 3. The van der Waals surface area contributed by atoms with Gasteiger partial charge in [-0.15, -0.1) is 0 Å². The lowest BCUT2D eigenvalue weighted by atomic mass is 10.1. The van der Waals surface area contributed by atoms with Crippen molar-refractivity contribution in [2.75, 3.05) is 0 Å². The van der Waals surface area contributed by atoms with Crippen molar-refractivity contribution in [3.63, 3.8) is 0 Å². The zero-order valence-corrected chi connectivity index (χ0v) is 19.0. The molecule has 0 saturated carbocycles. The van der Waals surface area contributed by atoms with E-state index in [9.17, 15) is 9.59 Å². The van der Waals surface area contributed by atoms with E-state index in [0.29, 0.717) is 6.42 Å². The minimum atomic E-state index is -0.855. The number of carbonyl (C=O) groups is 2. The van der Waals surface area contributed by atoms with Gasteiger partial charge in [-0.25, -0.2) is 4.79 Å². The van der Waals surface area contributed by atoms with Crippen molar-refractivity contribution in [2.24, 2.45) is 0 Å². The molecule has 2 N–H and O–H groups in total. The maximum atomic E-state index is 10.3. The van der Waals surface area contributed by atoms with Crippen LogP contribution in [0.5, 0.6) is 0 Å². The quantitative estimate of drug-likeness (QED) is 0.129. The van der Waals surface area contributed by atoms with E-state index in [1.54, 1.807) is 6.08 Å². The Morgan fingerprint density at radius 1 is 0.586 bits per heavy atom. The standard InChI is InChI=1S/C18H34O2.C7H12O2/c1-2-3-4-5-6-7-8-9-10-11-12-13-14-15-16-17-18(19)20;1-2-3-4-5-6-7(8)9/h9-10H,2-8,11-17H2,1H3,(H,19,20);5-6H,2-4H2,1H3,(H,8,9)/b10-9-;. The van der Waals surface area contributed by atoms with Gasteiger partial charge in [0, 0.05) is 12.5 Å². The molecule has 0 aliphatic heterocycles. The van der Waals surface area contributed by atoms with Gasteiger partial charge in [0.25, 0.3) is 0 Å². The van der Waals surface area contributed by atoms with Crippen LogP contribution in [0, 0.1) is 0 Å². The summed E-state index contributed by atoms with van der Waals surface area (Å²) in [6, 6.07) is 0. The highest BCUT2D eigenvalue weighted by atomic mass is 16.4. The Bertz CT molecular complexity index is 413. The molecule has 0 unspecified atom stereocenters. The fourth-order valence-corrected chi connectivity index (χ4v) is 2.85. The van der Waals surface area contributed by atoms with Crippen LogP contribution in [0.4, 0.5) is 0 Å². The van der Waals surface area contributed by atoms with Crippen molar-refractivity contribution in [1.29, 1.82) is 0 Å². The van der Waals surface area contributed by atoms with Crippen LogP contribution < -0.4 is 0 Å². The van der Waals surface area contributed by atoms with Crippen LogP contribution >= 0.6 is 0 Å². The molecular weight excluding hydrogens is 364 g/mol. The van der Waals surface area contributed by atoms with Crippen LogP contribution in [0.2, 0.25) is 0 Å². The van der Waals surface area contributed by atoms with Crippen LogP contribution in [-0.4, -0.2) is 22.2 Å². The summed E-state index contributed by atoms with van der Waals surface area (Å²) in [5.41, 5.74) is 0. The summed E-state index contributed by atoms with van der Waals surface area (Å²) in [6.45, 7) is 4.34. The molecule has 0 atom stereocenters. The third-order valence-corrected chi connectivity index (χ3v) is 4.64. The van der Waals surface area contributed by atoms with E-state index in [1.165, 1.54) is 76.7 Å². The maximum absolute atomic E-state index is 10.3. The molecule has 0 saturated heterocycles. The van der Waals surface area contributed by atoms with Gasteiger partial charge < -0.3 is 10.2 Å².